The summed E-state index contributed by atoms with van der Waals surface area (Å²) in [6, 6.07) is 23.5. The van der Waals surface area contributed by atoms with Crippen molar-refractivity contribution in [3.05, 3.63) is 88.4 Å². The Labute approximate surface area is 191 Å². The maximum absolute atomic E-state index is 13.2. The van der Waals surface area contributed by atoms with Gasteiger partial charge in [0.2, 0.25) is 0 Å². The molecule has 4 rings (SSSR count). The molecule has 160 valence electrons. The fraction of sp³-hybridized carbons (Fsp3) is 0.240. The summed E-state index contributed by atoms with van der Waals surface area (Å²) in [5, 5.41) is 0. The van der Waals surface area contributed by atoms with Crippen LogP contribution in [-0.4, -0.2) is 44.1 Å². The summed E-state index contributed by atoms with van der Waals surface area (Å²) in [6.07, 6.45) is 0. The third kappa shape index (κ3) is 5.20. The third-order valence-electron chi connectivity index (χ3n) is 5.39. The average Bonchev–Trinajstić information content (AvgIpc) is 2.83. The van der Waals surface area contributed by atoms with Gasteiger partial charge in [-0.25, -0.2) is 0 Å². The van der Waals surface area contributed by atoms with Crippen molar-refractivity contribution in [2.45, 2.75) is 6.61 Å². The van der Waals surface area contributed by atoms with Crippen molar-refractivity contribution >= 4 is 27.5 Å². The first-order valence-electron chi connectivity index (χ1n) is 10.3. The van der Waals surface area contributed by atoms with E-state index in [0.717, 1.165) is 34.6 Å². The molecule has 0 spiro atoms. The molecule has 6 heteroatoms. The fourth-order valence-electron chi connectivity index (χ4n) is 3.70. The van der Waals surface area contributed by atoms with Crippen LogP contribution >= 0.6 is 15.9 Å². The van der Waals surface area contributed by atoms with Crippen LogP contribution in [0.4, 0.5) is 5.69 Å². The number of ether oxygens (including phenoxy) is 2. The van der Waals surface area contributed by atoms with Crippen LogP contribution in [0, 0.1) is 0 Å². The highest BCUT2D eigenvalue weighted by Gasteiger charge is 2.24. The van der Waals surface area contributed by atoms with Crippen LogP contribution in [0.3, 0.4) is 0 Å². The lowest BCUT2D eigenvalue weighted by atomic mass is 10.1. The molecule has 0 bridgehead atoms. The highest BCUT2D eigenvalue weighted by Crippen LogP contribution is 2.25. The number of hydrogen-bond acceptors (Lipinski definition) is 4. The molecule has 0 aromatic heterocycles. The first kappa shape index (κ1) is 21.2. The quantitative estimate of drug-likeness (QED) is 0.497. The van der Waals surface area contributed by atoms with E-state index in [1.807, 2.05) is 71.6 Å². The monoisotopic (exact) mass is 480 g/mol. The lowest BCUT2D eigenvalue weighted by Gasteiger charge is -2.36. The van der Waals surface area contributed by atoms with E-state index < -0.39 is 0 Å². The maximum Gasteiger partial charge on any atom is 0.257 e. The molecule has 1 amide bonds. The van der Waals surface area contributed by atoms with Gasteiger partial charge in [0, 0.05) is 42.4 Å². The lowest BCUT2D eigenvalue weighted by molar-refractivity contribution is 0.0742. The molecule has 31 heavy (non-hydrogen) atoms. The van der Waals surface area contributed by atoms with Crippen molar-refractivity contribution < 1.29 is 14.3 Å². The van der Waals surface area contributed by atoms with E-state index in [9.17, 15) is 4.79 Å². The zero-order valence-electron chi connectivity index (χ0n) is 17.5. The Kier molecular flexibility index (Phi) is 6.77. The normalized spacial score (nSPS) is 13.7. The molecular weight excluding hydrogens is 456 g/mol. The van der Waals surface area contributed by atoms with Gasteiger partial charge in [-0.15, -0.1) is 0 Å². The van der Waals surface area contributed by atoms with Crippen molar-refractivity contribution in [2.75, 3.05) is 38.2 Å². The number of carbonyl (C=O) groups excluding carboxylic acids is 1. The van der Waals surface area contributed by atoms with Crippen molar-refractivity contribution in [1.82, 2.24) is 4.90 Å². The molecule has 3 aromatic carbocycles. The lowest BCUT2D eigenvalue weighted by Crippen LogP contribution is -2.48. The Morgan fingerprint density at radius 3 is 2.48 bits per heavy atom. The molecule has 0 unspecified atom stereocenters. The average molecular weight is 481 g/mol. The van der Waals surface area contributed by atoms with Crippen LogP contribution in [0.1, 0.15) is 15.9 Å². The van der Waals surface area contributed by atoms with Crippen LogP contribution < -0.4 is 14.4 Å². The second kappa shape index (κ2) is 9.88. The number of anilines is 1. The molecule has 0 radical (unpaired) electrons. The predicted octanol–water partition coefficient (Wildman–Crippen LogP) is 5.00. The molecular formula is C25H25BrN2O3. The molecule has 3 aromatic rings. The van der Waals surface area contributed by atoms with Crippen LogP contribution in [0.2, 0.25) is 0 Å². The van der Waals surface area contributed by atoms with Crippen molar-refractivity contribution in [2.24, 2.45) is 0 Å². The number of benzene rings is 3. The van der Waals surface area contributed by atoms with E-state index in [1.165, 1.54) is 0 Å². The number of para-hydroxylation sites is 1. The molecule has 0 atom stereocenters. The summed E-state index contributed by atoms with van der Waals surface area (Å²) in [6.45, 7) is 3.29. The Morgan fingerprint density at radius 2 is 1.71 bits per heavy atom. The summed E-state index contributed by atoms with van der Waals surface area (Å²) < 4.78 is 12.3. The van der Waals surface area contributed by atoms with Gasteiger partial charge < -0.3 is 19.3 Å². The molecule has 0 N–H and O–H groups in total. The topological polar surface area (TPSA) is 42.0 Å². The zero-order valence-corrected chi connectivity index (χ0v) is 19.0. The summed E-state index contributed by atoms with van der Waals surface area (Å²) >= 11 is 3.48. The van der Waals surface area contributed by atoms with Gasteiger partial charge in [-0.3, -0.25) is 4.79 Å². The van der Waals surface area contributed by atoms with Gasteiger partial charge in [-0.2, -0.15) is 0 Å². The molecule has 1 aliphatic heterocycles. The van der Waals surface area contributed by atoms with E-state index in [2.05, 4.69) is 26.9 Å². The van der Waals surface area contributed by atoms with Crippen molar-refractivity contribution in [3.8, 4) is 11.5 Å². The predicted molar refractivity (Wildman–Crippen MR) is 126 cm³/mol. The fourth-order valence-corrected chi connectivity index (χ4v) is 4.15. The van der Waals surface area contributed by atoms with Crippen LogP contribution in [-0.2, 0) is 6.61 Å². The first-order valence-corrected chi connectivity index (χ1v) is 11.1. The highest BCUT2D eigenvalue weighted by atomic mass is 79.9. The van der Waals surface area contributed by atoms with Crippen molar-refractivity contribution in [1.29, 1.82) is 0 Å². The number of nitrogens with zero attached hydrogens (tertiary/aromatic N) is 2. The van der Waals surface area contributed by atoms with Crippen LogP contribution in [0.25, 0.3) is 0 Å². The summed E-state index contributed by atoms with van der Waals surface area (Å²) in [4.78, 5) is 17.4. The van der Waals surface area contributed by atoms with Gasteiger partial charge in [0.05, 0.1) is 12.7 Å². The summed E-state index contributed by atoms with van der Waals surface area (Å²) in [5.74, 6) is 1.46. The van der Waals surface area contributed by atoms with E-state index >= 15 is 0 Å². The van der Waals surface area contributed by atoms with Gasteiger partial charge in [-0.05, 0) is 42.0 Å². The molecule has 1 saturated heterocycles. The Hall–Kier alpha value is -2.99. The van der Waals surface area contributed by atoms with Gasteiger partial charge in [0.15, 0.2) is 0 Å². The second-order valence-electron chi connectivity index (χ2n) is 7.40. The van der Waals surface area contributed by atoms with Gasteiger partial charge in [0.1, 0.15) is 18.1 Å². The number of hydrogen-bond donors (Lipinski definition) is 0. The standard InChI is InChI=1S/C25H25BrN2O3/c1-30-22-9-5-8-21(17-22)27-12-14-28(15-13-27)25(29)23-10-2-3-11-24(23)31-18-19-6-4-7-20(26)16-19/h2-11,16-17H,12-15,18H2,1H3. The first-order chi connectivity index (χ1) is 15.1. The number of methoxy groups -OCH3 is 1. The molecule has 5 nitrogen and oxygen atoms in total. The minimum absolute atomic E-state index is 0.00938. The summed E-state index contributed by atoms with van der Waals surface area (Å²) in [7, 11) is 1.67. The van der Waals surface area contributed by atoms with E-state index in [-0.39, 0.29) is 5.91 Å². The number of halogens is 1. The molecule has 1 aliphatic rings. The highest BCUT2D eigenvalue weighted by molar-refractivity contribution is 9.10. The molecule has 0 saturated carbocycles. The molecule has 1 heterocycles. The Morgan fingerprint density at radius 1 is 0.935 bits per heavy atom. The zero-order chi connectivity index (χ0) is 21.6. The smallest absolute Gasteiger partial charge is 0.257 e. The Bertz CT molecular complexity index is 1050. The Balaban J connectivity index is 1.41. The second-order valence-corrected chi connectivity index (χ2v) is 8.31. The molecule has 0 aliphatic carbocycles. The van der Waals surface area contributed by atoms with Crippen molar-refractivity contribution in [3.63, 3.8) is 0 Å². The maximum atomic E-state index is 13.2. The van der Waals surface area contributed by atoms with Gasteiger partial charge in [0.25, 0.3) is 5.91 Å². The number of carbonyl (C=O) groups is 1. The molecule has 1 fully saturated rings. The third-order valence-corrected chi connectivity index (χ3v) is 5.88. The van der Waals surface area contributed by atoms with Crippen LogP contribution in [0.15, 0.2) is 77.3 Å². The van der Waals surface area contributed by atoms with E-state index in [1.54, 1.807) is 7.11 Å². The number of amides is 1. The van der Waals surface area contributed by atoms with E-state index in [0.29, 0.717) is 31.0 Å². The number of rotatable bonds is 6. The largest absolute Gasteiger partial charge is 0.497 e. The summed E-state index contributed by atoms with van der Waals surface area (Å²) in [5.41, 5.74) is 2.76. The SMILES string of the molecule is COc1cccc(N2CCN(C(=O)c3ccccc3OCc3cccc(Br)c3)CC2)c1. The van der Waals surface area contributed by atoms with Gasteiger partial charge >= 0.3 is 0 Å². The minimum atomic E-state index is 0.00938. The van der Waals surface area contributed by atoms with E-state index in [4.69, 9.17) is 9.47 Å². The number of piperazine rings is 1. The van der Waals surface area contributed by atoms with Gasteiger partial charge in [-0.1, -0.05) is 46.3 Å². The minimum Gasteiger partial charge on any atom is -0.497 e. The van der Waals surface area contributed by atoms with Crippen LogP contribution in [0.5, 0.6) is 11.5 Å².